The zero-order valence-corrected chi connectivity index (χ0v) is 17.8. The Balaban J connectivity index is 0.000000479. The summed E-state index contributed by atoms with van der Waals surface area (Å²) in [6.45, 7) is 1.96. The summed E-state index contributed by atoms with van der Waals surface area (Å²) in [4.78, 5) is 35.7. The van der Waals surface area contributed by atoms with Crippen molar-refractivity contribution in [2.45, 2.75) is 18.8 Å². The van der Waals surface area contributed by atoms with Crippen molar-refractivity contribution in [3.05, 3.63) is 65.7 Å². The Morgan fingerprint density at radius 1 is 1.15 bits per heavy atom. The molecule has 2 amide bonds. The van der Waals surface area contributed by atoms with Gasteiger partial charge in [-0.15, -0.1) is 0 Å². The minimum Gasteiger partial charge on any atom is -0.497 e. The van der Waals surface area contributed by atoms with E-state index in [1.807, 2.05) is 42.5 Å². The molecule has 2 aromatic carbocycles. The van der Waals surface area contributed by atoms with Crippen LogP contribution in [0, 0.1) is 0 Å². The van der Waals surface area contributed by atoms with E-state index in [1.165, 1.54) is 0 Å². The second-order valence-corrected chi connectivity index (χ2v) is 7.00. The van der Waals surface area contributed by atoms with Gasteiger partial charge in [0, 0.05) is 31.7 Å². The summed E-state index contributed by atoms with van der Waals surface area (Å²) in [6.07, 6.45) is -5.08. The average Bonchev–Trinajstić information content (AvgIpc) is 2.82. The zero-order valence-electron chi connectivity index (χ0n) is 17.8. The minimum absolute atomic E-state index is 0.0438. The van der Waals surface area contributed by atoms with Crippen molar-refractivity contribution in [2.75, 3.05) is 26.7 Å². The van der Waals surface area contributed by atoms with Gasteiger partial charge in [-0.1, -0.05) is 30.3 Å². The number of carboxylic acids is 1. The first-order chi connectivity index (χ1) is 15.6. The van der Waals surface area contributed by atoms with Crippen molar-refractivity contribution < 1.29 is 37.4 Å². The van der Waals surface area contributed by atoms with Crippen LogP contribution in [0.4, 0.5) is 13.2 Å². The molecule has 1 fully saturated rings. The number of benzene rings is 2. The standard InChI is InChI=1S/C20H23N3O3.C2HF3O2/c1-26-17-9-5-6-15(12-17)13-22-19(24)18-14-23(11-10-21-18)20(25)16-7-3-2-4-8-16;3-2(4,5)1(6)7/h2-9,12,18,21H,10-11,13-14H2,1H3,(H,22,24);(H,6,7)/t18-;/m0./s1. The number of hydrogen-bond donors (Lipinski definition) is 3. The van der Waals surface area contributed by atoms with Crippen molar-refractivity contribution in [1.29, 1.82) is 0 Å². The van der Waals surface area contributed by atoms with Gasteiger partial charge in [-0.3, -0.25) is 9.59 Å². The summed E-state index contributed by atoms with van der Waals surface area (Å²) in [5.74, 6) is -2.16. The van der Waals surface area contributed by atoms with Gasteiger partial charge in [0.2, 0.25) is 5.91 Å². The number of ether oxygens (including phenoxy) is 1. The van der Waals surface area contributed by atoms with Crippen LogP contribution < -0.4 is 15.4 Å². The molecule has 33 heavy (non-hydrogen) atoms. The number of rotatable bonds is 5. The highest BCUT2D eigenvalue weighted by molar-refractivity contribution is 5.95. The van der Waals surface area contributed by atoms with Crippen LogP contribution in [0.5, 0.6) is 5.75 Å². The number of carbonyl (C=O) groups excluding carboxylic acids is 2. The third kappa shape index (κ3) is 8.11. The Labute approximate surface area is 188 Å². The van der Waals surface area contributed by atoms with E-state index in [0.29, 0.717) is 31.7 Å². The first-order valence-corrected chi connectivity index (χ1v) is 9.90. The van der Waals surface area contributed by atoms with Gasteiger partial charge in [0.25, 0.3) is 5.91 Å². The molecule has 2 aromatic rings. The Kier molecular flexibility index (Phi) is 9.22. The monoisotopic (exact) mass is 467 g/mol. The molecule has 1 heterocycles. The molecule has 0 unspecified atom stereocenters. The molecule has 1 aliphatic rings. The molecule has 3 N–H and O–H groups in total. The SMILES string of the molecule is COc1cccc(CNC(=O)[C@@H]2CN(C(=O)c3ccccc3)CCN2)c1.O=C(O)C(F)(F)F. The van der Waals surface area contributed by atoms with Gasteiger partial charge < -0.3 is 25.4 Å². The number of halogens is 3. The van der Waals surface area contributed by atoms with Crippen molar-refractivity contribution >= 4 is 17.8 Å². The van der Waals surface area contributed by atoms with Crippen molar-refractivity contribution in [2.24, 2.45) is 0 Å². The van der Waals surface area contributed by atoms with E-state index in [-0.39, 0.29) is 11.8 Å². The Bertz CT molecular complexity index is 954. The van der Waals surface area contributed by atoms with E-state index >= 15 is 0 Å². The fourth-order valence-electron chi connectivity index (χ4n) is 2.97. The summed E-state index contributed by atoms with van der Waals surface area (Å²) in [5.41, 5.74) is 1.61. The topological polar surface area (TPSA) is 108 Å². The summed E-state index contributed by atoms with van der Waals surface area (Å²) in [6, 6.07) is 16.3. The van der Waals surface area contributed by atoms with E-state index < -0.39 is 18.2 Å². The number of amides is 2. The number of carbonyl (C=O) groups is 3. The average molecular weight is 467 g/mol. The molecule has 0 aromatic heterocycles. The van der Waals surface area contributed by atoms with Gasteiger partial charge in [0.05, 0.1) is 7.11 Å². The first kappa shape index (κ1) is 25.7. The van der Waals surface area contributed by atoms with E-state index in [4.69, 9.17) is 14.6 Å². The molecule has 0 aliphatic carbocycles. The maximum absolute atomic E-state index is 12.6. The Morgan fingerprint density at radius 3 is 2.42 bits per heavy atom. The van der Waals surface area contributed by atoms with E-state index in [9.17, 15) is 22.8 Å². The fraction of sp³-hybridized carbons (Fsp3) is 0.318. The Hall–Kier alpha value is -3.60. The minimum atomic E-state index is -5.08. The molecular formula is C22H24F3N3O5. The predicted octanol–water partition coefficient (Wildman–Crippen LogP) is 2.06. The van der Waals surface area contributed by atoms with Gasteiger partial charge >= 0.3 is 12.1 Å². The van der Waals surface area contributed by atoms with Crippen molar-refractivity contribution in [1.82, 2.24) is 15.5 Å². The number of hydrogen-bond acceptors (Lipinski definition) is 5. The van der Waals surface area contributed by atoms with Crippen LogP contribution in [0.3, 0.4) is 0 Å². The summed E-state index contributed by atoms with van der Waals surface area (Å²) in [7, 11) is 1.61. The number of piperazine rings is 1. The highest BCUT2D eigenvalue weighted by Crippen LogP contribution is 2.14. The molecule has 0 radical (unpaired) electrons. The van der Waals surface area contributed by atoms with Gasteiger partial charge in [-0.05, 0) is 29.8 Å². The molecule has 1 aliphatic heterocycles. The molecule has 3 rings (SSSR count). The molecule has 8 nitrogen and oxygen atoms in total. The van der Waals surface area contributed by atoms with Gasteiger partial charge in [0.1, 0.15) is 11.8 Å². The van der Waals surface area contributed by atoms with Crippen LogP contribution in [0.2, 0.25) is 0 Å². The second-order valence-electron chi connectivity index (χ2n) is 7.00. The Morgan fingerprint density at radius 2 is 1.82 bits per heavy atom. The highest BCUT2D eigenvalue weighted by atomic mass is 19.4. The normalized spacial score (nSPS) is 15.6. The first-order valence-electron chi connectivity index (χ1n) is 9.90. The highest BCUT2D eigenvalue weighted by Gasteiger charge is 2.38. The van der Waals surface area contributed by atoms with Crippen LogP contribution in [-0.2, 0) is 16.1 Å². The third-order valence-corrected chi connectivity index (χ3v) is 4.64. The number of nitrogens with one attached hydrogen (secondary N) is 2. The van der Waals surface area contributed by atoms with Gasteiger partial charge in [-0.2, -0.15) is 13.2 Å². The van der Waals surface area contributed by atoms with Crippen LogP contribution in [-0.4, -0.2) is 66.8 Å². The second kappa shape index (κ2) is 11.9. The molecule has 11 heteroatoms. The van der Waals surface area contributed by atoms with E-state index in [1.54, 1.807) is 24.1 Å². The molecule has 1 atom stereocenters. The number of nitrogens with zero attached hydrogens (tertiary/aromatic N) is 1. The maximum Gasteiger partial charge on any atom is 0.490 e. The van der Waals surface area contributed by atoms with Crippen LogP contribution >= 0.6 is 0 Å². The number of alkyl halides is 3. The quantitative estimate of drug-likeness (QED) is 0.622. The van der Waals surface area contributed by atoms with Crippen molar-refractivity contribution in [3.8, 4) is 5.75 Å². The smallest absolute Gasteiger partial charge is 0.490 e. The summed E-state index contributed by atoms with van der Waals surface area (Å²) >= 11 is 0. The van der Waals surface area contributed by atoms with Gasteiger partial charge in [-0.25, -0.2) is 4.79 Å². The van der Waals surface area contributed by atoms with Crippen LogP contribution in [0.1, 0.15) is 15.9 Å². The van der Waals surface area contributed by atoms with Crippen LogP contribution in [0.25, 0.3) is 0 Å². The van der Waals surface area contributed by atoms with Crippen LogP contribution in [0.15, 0.2) is 54.6 Å². The maximum atomic E-state index is 12.6. The summed E-state index contributed by atoms with van der Waals surface area (Å²) < 4.78 is 36.9. The molecule has 0 bridgehead atoms. The third-order valence-electron chi connectivity index (χ3n) is 4.64. The molecule has 1 saturated heterocycles. The lowest BCUT2D eigenvalue weighted by atomic mass is 10.1. The number of methoxy groups -OCH3 is 1. The van der Waals surface area contributed by atoms with E-state index in [2.05, 4.69) is 10.6 Å². The number of aliphatic carboxylic acids is 1. The molecule has 0 spiro atoms. The largest absolute Gasteiger partial charge is 0.497 e. The lowest BCUT2D eigenvalue weighted by molar-refractivity contribution is -0.192. The van der Waals surface area contributed by atoms with Crippen molar-refractivity contribution in [3.63, 3.8) is 0 Å². The summed E-state index contributed by atoms with van der Waals surface area (Å²) in [5, 5.41) is 13.2. The fourth-order valence-corrected chi connectivity index (χ4v) is 2.97. The molecular weight excluding hydrogens is 443 g/mol. The molecule has 0 saturated carbocycles. The zero-order chi connectivity index (χ0) is 24.4. The number of carboxylic acid groups (broad SMARTS) is 1. The lowest BCUT2D eigenvalue weighted by Crippen LogP contribution is -2.58. The lowest BCUT2D eigenvalue weighted by Gasteiger charge is -2.33. The molecule has 178 valence electrons. The van der Waals surface area contributed by atoms with E-state index in [0.717, 1.165) is 11.3 Å². The predicted molar refractivity (Wildman–Crippen MR) is 113 cm³/mol. The van der Waals surface area contributed by atoms with Gasteiger partial charge in [0.15, 0.2) is 0 Å².